The van der Waals surface area contributed by atoms with Crippen molar-refractivity contribution < 1.29 is 23.5 Å². The number of hydrogen-bond donors (Lipinski definition) is 3. The van der Waals surface area contributed by atoms with Crippen LogP contribution in [0, 0.1) is 5.82 Å². The predicted molar refractivity (Wildman–Crippen MR) is 188 cm³/mol. The van der Waals surface area contributed by atoms with E-state index >= 15 is 0 Å². The zero-order chi connectivity index (χ0) is 33.0. The monoisotopic (exact) mass is 709 g/mol. The number of benzene rings is 5. The smallest absolute Gasteiger partial charge is 0.272 e. The van der Waals surface area contributed by atoms with Crippen LogP contribution in [-0.4, -0.2) is 23.5 Å². The molecule has 0 bridgehead atoms. The second kappa shape index (κ2) is 16.4. The Hall–Kier alpha value is -5.19. The van der Waals surface area contributed by atoms with Crippen molar-refractivity contribution in [3.63, 3.8) is 0 Å². The summed E-state index contributed by atoms with van der Waals surface area (Å²) < 4.78 is 20.5. The van der Waals surface area contributed by atoms with Gasteiger partial charge >= 0.3 is 0 Å². The maximum Gasteiger partial charge on any atom is 0.272 e. The number of anilines is 2. The molecule has 0 unspecified atom stereocenters. The minimum absolute atomic E-state index is 0.0241. The Bertz CT molecular complexity index is 1890. The summed E-state index contributed by atoms with van der Waals surface area (Å²) >= 11 is 4.42. The third-order valence-electron chi connectivity index (χ3n) is 6.64. The van der Waals surface area contributed by atoms with Crippen LogP contribution in [-0.2, 0) is 16.2 Å². The summed E-state index contributed by atoms with van der Waals surface area (Å²) in [7, 11) is 0. The Morgan fingerprint density at radius 3 is 2.23 bits per heavy atom. The number of nitrogens with one attached hydrogen (secondary N) is 3. The van der Waals surface area contributed by atoms with Gasteiger partial charge < -0.3 is 20.7 Å². The second-order valence-corrected chi connectivity index (χ2v) is 12.1. The number of halogens is 2. The number of rotatable bonds is 12. The van der Waals surface area contributed by atoms with Gasteiger partial charge in [-0.2, -0.15) is 0 Å². The summed E-state index contributed by atoms with van der Waals surface area (Å²) in [6, 6.07) is 36.9. The average Bonchev–Trinajstić information content (AvgIpc) is 3.09. The molecule has 47 heavy (non-hydrogen) atoms. The summed E-state index contributed by atoms with van der Waals surface area (Å²) in [6.07, 6.45) is 1.58. The Kier molecular flexibility index (Phi) is 11.6. The summed E-state index contributed by atoms with van der Waals surface area (Å²) in [6.45, 7) is 0.419. The van der Waals surface area contributed by atoms with E-state index in [0.29, 0.717) is 38.5 Å². The molecule has 0 fully saturated rings. The molecule has 0 aliphatic carbocycles. The molecular formula is C37H29BrFN3O4S. The molecule has 0 saturated carbocycles. The van der Waals surface area contributed by atoms with Crippen molar-refractivity contribution in [3.05, 3.63) is 160 Å². The second-order valence-electron chi connectivity index (χ2n) is 10.2. The van der Waals surface area contributed by atoms with Crippen LogP contribution in [0.1, 0.15) is 21.5 Å². The van der Waals surface area contributed by atoms with Gasteiger partial charge in [-0.05, 0) is 77.9 Å². The molecule has 0 radical (unpaired) electrons. The van der Waals surface area contributed by atoms with Crippen molar-refractivity contribution in [2.45, 2.75) is 11.5 Å². The van der Waals surface area contributed by atoms with E-state index in [1.54, 1.807) is 91.0 Å². The van der Waals surface area contributed by atoms with E-state index in [9.17, 15) is 18.8 Å². The van der Waals surface area contributed by atoms with Crippen LogP contribution in [0.2, 0.25) is 0 Å². The van der Waals surface area contributed by atoms with Crippen LogP contribution < -0.4 is 20.7 Å². The third kappa shape index (κ3) is 10.2. The van der Waals surface area contributed by atoms with Crippen LogP contribution in [0.3, 0.4) is 0 Å². The Morgan fingerprint density at radius 1 is 0.787 bits per heavy atom. The van der Waals surface area contributed by atoms with Gasteiger partial charge in [0, 0.05) is 20.6 Å². The fourth-order valence-electron chi connectivity index (χ4n) is 4.30. The quantitative estimate of drug-likeness (QED) is 0.0895. The van der Waals surface area contributed by atoms with Gasteiger partial charge in [0.1, 0.15) is 23.9 Å². The van der Waals surface area contributed by atoms with Crippen molar-refractivity contribution in [2.75, 3.05) is 16.4 Å². The van der Waals surface area contributed by atoms with Gasteiger partial charge in [0.15, 0.2) is 0 Å². The van der Waals surface area contributed by atoms with Gasteiger partial charge in [-0.3, -0.25) is 14.4 Å². The van der Waals surface area contributed by atoms with E-state index < -0.39 is 17.6 Å². The Labute approximate surface area is 284 Å². The van der Waals surface area contributed by atoms with Crippen molar-refractivity contribution in [2.24, 2.45) is 0 Å². The molecule has 5 aromatic rings. The number of ether oxygens (including phenoxy) is 1. The zero-order valence-corrected chi connectivity index (χ0v) is 27.3. The van der Waals surface area contributed by atoms with Crippen LogP contribution in [0.5, 0.6) is 5.75 Å². The van der Waals surface area contributed by atoms with E-state index in [4.69, 9.17) is 4.74 Å². The third-order valence-corrected chi connectivity index (χ3v) is 8.12. The van der Waals surface area contributed by atoms with Crippen LogP contribution in [0.25, 0.3) is 6.08 Å². The average molecular weight is 711 g/mol. The minimum atomic E-state index is -0.544. The fraction of sp³-hybridized carbons (Fsp3) is 0.0541. The molecule has 3 N–H and O–H groups in total. The Balaban J connectivity index is 1.26. The van der Waals surface area contributed by atoms with Gasteiger partial charge in [0.25, 0.3) is 11.8 Å². The van der Waals surface area contributed by atoms with Gasteiger partial charge in [-0.1, -0.05) is 82.7 Å². The summed E-state index contributed by atoms with van der Waals surface area (Å²) in [5, 5.41) is 8.13. The molecule has 0 aliphatic heterocycles. The standard InChI is InChI=1S/C37H29BrFN3O4S/c38-28-16-19-33(32(39)21-28)41-35(43)24-47-31-13-7-12-29(22-31)40-37(45)34(42-36(44)27-10-5-2-6-11-27)20-25-14-17-30(18-15-25)46-23-26-8-3-1-4-9-26/h1-22H,23-24H2,(H,40,45)(H,41,43)(H,42,44)/b34-20-. The summed E-state index contributed by atoms with van der Waals surface area (Å²) in [4.78, 5) is 39.7. The lowest BCUT2D eigenvalue weighted by Crippen LogP contribution is -2.30. The molecule has 10 heteroatoms. The van der Waals surface area contributed by atoms with Gasteiger partial charge in [0.2, 0.25) is 5.91 Å². The molecule has 5 aromatic carbocycles. The number of thioether (sulfide) groups is 1. The largest absolute Gasteiger partial charge is 0.489 e. The van der Waals surface area contributed by atoms with E-state index in [2.05, 4.69) is 31.9 Å². The van der Waals surface area contributed by atoms with E-state index in [1.807, 2.05) is 30.3 Å². The van der Waals surface area contributed by atoms with Crippen LogP contribution >= 0.6 is 27.7 Å². The fourth-order valence-corrected chi connectivity index (χ4v) is 5.39. The van der Waals surface area contributed by atoms with Crippen molar-refractivity contribution in [1.29, 1.82) is 0 Å². The lowest BCUT2D eigenvalue weighted by molar-refractivity contribution is -0.114. The molecule has 0 saturated heterocycles. The van der Waals surface area contributed by atoms with Crippen molar-refractivity contribution in [1.82, 2.24) is 5.32 Å². The first-order chi connectivity index (χ1) is 22.8. The molecule has 0 aliphatic rings. The van der Waals surface area contributed by atoms with Gasteiger partial charge in [0.05, 0.1) is 11.4 Å². The number of hydrogen-bond acceptors (Lipinski definition) is 5. The maximum atomic E-state index is 14.1. The zero-order valence-electron chi connectivity index (χ0n) is 24.9. The van der Waals surface area contributed by atoms with Gasteiger partial charge in [-0.25, -0.2) is 4.39 Å². The topological polar surface area (TPSA) is 96.5 Å². The Morgan fingerprint density at radius 2 is 1.51 bits per heavy atom. The highest BCUT2D eigenvalue weighted by Gasteiger charge is 2.16. The first kappa shape index (κ1) is 33.2. The highest BCUT2D eigenvalue weighted by Crippen LogP contribution is 2.24. The maximum absolute atomic E-state index is 14.1. The number of carbonyl (C=O) groups is 3. The highest BCUT2D eigenvalue weighted by molar-refractivity contribution is 9.10. The SMILES string of the molecule is O=C(CSc1cccc(NC(=O)/C(=C/c2ccc(OCc3ccccc3)cc2)NC(=O)c2ccccc2)c1)Nc1ccc(Br)cc1F. The molecule has 236 valence electrons. The molecule has 0 atom stereocenters. The molecule has 7 nitrogen and oxygen atoms in total. The molecule has 5 rings (SSSR count). The van der Waals surface area contributed by atoms with Crippen LogP contribution in [0.4, 0.5) is 15.8 Å². The highest BCUT2D eigenvalue weighted by atomic mass is 79.9. The lowest BCUT2D eigenvalue weighted by atomic mass is 10.1. The number of carbonyl (C=O) groups excluding carboxylic acids is 3. The summed E-state index contributed by atoms with van der Waals surface area (Å²) in [5.41, 5.74) is 2.70. The molecule has 0 aromatic heterocycles. The van der Waals surface area contributed by atoms with E-state index in [1.165, 1.54) is 23.9 Å². The lowest BCUT2D eigenvalue weighted by Gasteiger charge is -2.13. The van der Waals surface area contributed by atoms with Gasteiger partial charge in [-0.15, -0.1) is 11.8 Å². The van der Waals surface area contributed by atoms with Crippen molar-refractivity contribution in [3.8, 4) is 5.75 Å². The summed E-state index contributed by atoms with van der Waals surface area (Å²) in [5.74, 6) is -1.21. The van der Waals surface area contributed by atoms with E-state index in [-0.39, 0.29) is 23.0 Å². The van der Waals surface area contributed by atoms with E-state index in [0.717, 1.165) is 5.56 Å². The van der Waals surface area contributed by atoms with Crippen molar-refractivity contribution >= 4 is 62.9 Å². The molecule has 3 amide bonds. The normalized spacial score (nSPS) is 11.0. The number of amides is 3. The first-order valence-electron chi connectivity index (χ1n) is 14.5. The molecular weight excluding hydrogens is 681 g/mol. The molecule has 0 spiro atoms. The minimum Gasteiger partial charge on any atom is -0.489 e. The predicted octanol–water partition coefficient (Wildman–Crippen LogP) is 8.31. The first-order valence-corrected chi connectivity index (χ1v) is 16.2. The van der Waals surface area contributed by atoms with Crippen LogP contribution in [0.15, 0.2) is 142 Å². The molecule has 0 heterocycles.